The van der Waals surface area contributed by atoms with E-state index in [-0.39, 0.29) is 26.2 Å². The highest BCUT2D eigenvalue weighted by Gasteiger charge is 2.49. The van der Waals surface area contributed by atoms with Crippen LogP contribution in [-0.2, 0) is 32.7 Å². The molecule has 1 heterocycles. The van der Waals surface area contributed by atoms with Gasteiger partial charge in [0.05, 0.1) is 12.8 Å². The molecule has 3 rings (SSSR count). The van der Waals surface area contributed by atoms with Crippen molar-refractivity contribution < 1.29 is 22.4 Å². The summed E-state index contributed by atoms with van der Waals surface area (Å²) in [6.45, 7) is 1.20. The smallest absolute Gasteiger partial charge is 0.247 e. The average molecular weight is 434 g/mol. The zero-order chi connectivity index (χ0) is 21.9. The number of amides is 2. The quantitative estimate of drug-likeness (QED) is 0.748. The maximum Gasteiger partial charge on any atom is 0.247 e. The lowest BCUT2D eigenvalue weighted by atomic mass is 9.94. The molecule has 1 atom stereocenters. The second kappa shape index (κ2) is 8.53. The Bertz CT molecular complexity index is 1050. The number of carbonyl (C=O) groups excluding carboxylic acids is 2. The van der Waals surface area contributed by atoms with Gasteiger partial charge in [-0.1, -0.05) is 42.5 Å². The SMILES string of the molecule is CC1(C(=O)NCc2ccccc2)CN(S(C)(=O)=O)CC(=O)N1Cc1cccc(F)c1. The van der Waals surface area contributed by atoms with Crippen LogP contribution >= 0.6 is 0 Å². The summed E-state index contributed by atoms with van der Waals surface area (Å²) in [4.78, 5) is 27.4. The van der Waals surface area contributed by atoms with E-state index < -0.39 is 33.2 Å². The van der Waals surface area contributed by atoms with Gasteiger partial charge in [-0.2, -0.15) is 4.31 Å². The fourth-order valence-electron chi connectivity index (χ4n) is 3.47. The predicted octanol–water partition coefficient (Wildman–Crippen LogP) is 1.50. The van der Waals surface area contributed by atoms with Crippen molar-refractivity contribution >= 4 is 21.8 Å². The number of hydrogen-bond donors (Lipinski definition) is 1. The molecule has 2 aromatic rings. The van der Waals surface area contributed by atoms with Gasteiger partial charge < -0.3 is 10.2 Å². The molecule has 0 bridgehead atoms. The van der Waals surface area contributed by atoms with Gasteiger partial charge in [0.15, 0.2) is 0 Å². The van der Waals surface area contributed by atoms with Crippen LogP contribution in [0.1, 0.15) is 18.1 Å². The Balaban J connectivity index is 1.89. The number of nitrogens with zero attached hydrogens (tertiary/aromatic N) is 2. The van der Waals surface area contributed by atoms with Crippen molar-refractivity contribution in [3.8, 4) is 0 Å². The Morgan fingerprint density at radius 1 is 1.13 bits per heavy atom. The number of piperazine rings is 1. The molecule has 1 N–H and O–H groups in total. The Morgan fingerprint density at radius 3 is 2.43 bits per heavy atom. The van der Waals surface area contributed by atoms with E-state index in [1.807, 2.05) is 30.3 Å². The molecule has 30 heavy (non-hydrogen) atoms. The lowest BCUT2D eigenvalue weighted by Gasteiger charge is -2.46. The van der Waals surface area contributed by atoms with Crippen LogP contribution in [0.25, 0.3) is 0 Å². The molecule has 0 radical (unpaired) electrons. The molecule has 0 aromatic heterocycles. The summed E-state index contributed by atoms with van der Waals surface area (Å²) in [6, 6.07) is 15.0. The third kappa shape index (κ3) is 4.85. The summed E-state index contributed by atoms with van der Waals surface area (Å²) in [7, 11) is -3.69. The van der Waals surface area contributed by atoms with E-state index in [1.54, 1.807) is 6.07 Å². The maximum absolute atomic E-state index is 13.6. The van der Waals surface area contributed by atoms with Crippen molar-refractivity contribution in [2.45, 2.75) is 25.6 Å². The van der Waals surface area contributed by atoms with Crippen molar-refractivity contribution in [1.82, 2.24) is 14.5 Å². The minimum absolute atomic E-state index is 0.0105. The predicted molar refractivity (Wildman–Crippen MR) is 110 cm³/mol. The van der Waals surface area contributed by atoms with Gasteiger partial charge >= 0.3 is 0 Å². The van der Waals surface area contributed by atoms with Gasteiger partial charge in [-0.05, 0) is 30.2 Å². The van der Waals surface area contributed by atoms with Crippen LogP contribution in [-0.4, -0.2) is 54.3 Å². The molecule has 2 amide bonds. The second-order valence-electron chi connectivity index (χ2n) is 7.58. The van der Waals surface area contributed by atoms with E-state index in [0.29, 0.717) is 5.56 Å². The van der Waals surface area contributed by atoms with Gasteiger partial charge in [-0.25, -0.2) is 12.8 Å². The number of nitrogens with one attached hydrogen (secondary N) is 1. The van der Waals surface area contributed by atoms with Crippen molar-refractivity contribution in [1.29, 1.82) is 0 Å². The zero-order valence-corrected chi connectivity index (χ0v) is 17.7. The molecule has 0 spiro atoms. The Kier molecular flexibility index (Phi) is 6.23. The van der Waals surface area contributed by atoms with Gasteiger partial charge in [0.1, 0.15) is 11.4 Å². The first-order valence-corrected chi connectivity index (χ1v) is 11.3. The first-order valence-electron chi connectivity index (χ1n) is 9.42. The van der Waals surface area contributed by atoms with E-state index in [4.69, 9.17) is 0 Å². The minimum Gasteiger partial charge on any atom is -0.350 e. The van der Waals surface area contributed by atoms with E-state index in [9.17, 15) is 22.4 Å². The van der Waals surface area contributed by atoms with Crippen LogP contribution in [0.4, 0.5) is 4.39 Å². The highest BCUT2D eigenvalue weighted by atomic mass is 32.2. The molecule has 9 heteroatoms. The van der Waals surface area contributed by atoms with Crippen molar-refractivity contribution in [2.75, 3.05) is 19.3 Å². The summed E-state index contributed by atoms with van der Waals surface area (Å²) in [5.74, 6) is -1.46. The van der Waals surface area contributed by atoms with Crippen LogP contribution < -0.4 is 5.32 Å². The third-order valence-corrected chi connectivity index (χ3v) is 6.37. The van der Waals surface area contributed by atoms with E-state index >= 15 is 0 Å². The van der Waals surface area contributed by atoms with Gasteiger partial charge in [0.25, 0.3) is 0 Å². The lowest BCUT2D eigenvalue weighted by molar-refractivity contribution is -0.153. The fourth-order valence-corrected chi connectivity index (χ4v) is 4.31. The highest BCUT2D eigenvalue weighted by molar-refractivity contribution is 7.88. The average Bonchev–Trinajstić information content (AvgIpc) is 2.69. The third-order valence-electron chi connectivity index (χ3n) is 5.18. The van der Waals surface area contributed by atoms with Crippen molar-refractivity contribution in [3.05, 3.63) is 71.5 Å². The molecule has 2 aromatic carbocycles. The number of benzene rings is 2. The van der Waals surface area contributed by atoms with Crippen molar-refractivity contribution in [3.63, 3.8) is 0 Å². The maximum atomic E-state index is 13.6. The topological polar surface area (TPSA) is 86.8 Å². The Labute approximate surface area is 175 Å². The monoisotopic (exact) mass is 433 g/mol. The van der Waals surface area contributed by atoms with E-state index in [2.05, 4.69) is 5.32 Å². The highest BCUT2D eigenvalue weighted by Crippen LogP contribution is 2.27. The number of sulfonamides is 1. The number of carbonyl (C=O) groups is 2. The molecule has 0 aliphatic carbocycles. The standard InChI is InChI=1S/C21H24FN3O4S/c1-21(20(27)23-12-16-7-4-3-5-8-16)15-24(30(2,28)29)14-19(26)25(21)13-17-9-6-10-18(22)11-17/h3-11H,12-15H2,1-2H3,(H,23,27). The molecule has 1 saturated heterocycles. The number of hydrogen-bond acceptors (Lipinski definition) is 4. The van der Waals surface area contributed by atoms with Crippen molar-refractivity contribution in [2.24, 2.45) is 0 Å². The lowest BCUT2D eigenvalue weighted by Crippen LogP contribution is -2.69. The van der Waals surface area contributed by atoms with Crippen LogP contribution in [0.5, 0.6) is 0 Å². The summed E-state index contributed by atoms with van der Waals surface area (Å²) < 4.78 is 38.8. The van der Waals surface area contributed by atoms with E-state index in [0.717, 1.165) is 16.1 Å². The molecule has 1 aliphatic rings. The first kappa shape index (κ1) is 21.9. The van der Waals surface area contributed by atoms with Crippen LogP contribution in [0.2, 0.25) is 0 Å². The number of halogens is 1. The summed E-state index contributed by atoms with van der Waals surface area (Å²) >= 11 is 0. The van der Waals surface area contributed by atoms with Gasteiger partial charge in [-0.3, -0.25) is 9.59 Å². The van der Waals surface area contributed by atoms with Crippen LogP contribution in [0.15, 0.2) is 54.6 Å². The Hall–Kier alpha value is -2.78. The molecule has 0 saturated carbocycles. The van der Waals surface area contributed by atoms with Crippen LogP contribution in [0.3, 0.4) is 0 Å². The molecule has 7 nitrogen and oxygen atoms in total. The first-order chi connectivity index (χ1) is 14.1. The fraction of sp³-hybridized carbons (Fsp3) is 0.333. The number of rotatable bonds is 6. The summed E-state index contributed by atoms with van der Waals surface area (Å²) in [5.41, 5.74) is -0.0778. The molecule has 1 aliphatic heterocycles. The summed E-state index contributed by atoms with van der Waals surface area (Å²) in [5, 5.41) is 2.80. The molecular weight excluding hydrogens is 409 g/mol. The summed E-state index contributed by atoms with van der Waals surface area (Å²) in [6.07, 6.45) is 1.00. The van der Waals surface area contributed by atoms with Gasteiger partial charge in [0, 0.05) is 19.6 Å². The zero-order valence-electron chi connectivity index (χ0n) is 16.8. The van der Waals surface area contributed by atoms with Gasteiger partial charge in [0.2, 0.25) is 21.8 Å². The van der Waals surface area contributed by atoms with E-state index in [1.165, 1.54) is 30.0 Å². The largest absolute Gasteiger partial charge is 0.350 e. The molecule has 160 valence electrons. The second-order valence-corrected chi connectivity index (χ2v) is 9.57. The molecule has 1 fully saturated rings. The minimum atomic E-state index is -3.69. The Morgan fingerprint density at radius 2 is 1.80 bits per heavy atom. The molecule has 1 unspecified atom stereocenters. The van der Waals surface area contributed by atoms with Crippen LogP contribution in [0, 0.1) is 5.82 Å². The normalized spacial score (nSPS) is 20.2. The van der Waals surface area contributed by atoms with Gasteiger partial charge in [-0.15, -0.1) is 0 Å². The molecular formula is C21H24FN3O4S.